The van der Waals surface area contributed by atoms with Crippen LogP contribution in [0.3, 0.4) is 0 Å². The Labute approximate surface area is 180 Å². The number of carbonyl (C=O) groups is 1. The summed E-state index contributed by atoms with van der Waals surface area (Å²) in [5.41, 5.74) is 2.04. The van der Waals surface area contributed by atoms with E-state index in [1.54, 1.807) is 12.1 Å². The zero-order valence-corrected chi connectivity index (χ0v) is 17.9. The number of ether oxygens (including phenoxy) is 1. The average molecular weight is 442 g/mol. The third-order valence-electron chi connectivity index (χ3n) is 4.81. The number of amides is 1. The van der Waals surface area contributed by atoms with Crippen LogP contribution in [0.1, 0.15) is 18.1 Å². The van der Waals surface area contributed by atoms with Gasteiger partial charge < -0.3 is 10.1 Å². The summed E-state index contributed by atoms with van der Waals surface area (Å²) in [4.78, 5) is 14.5. The highest BCUT2D eigenvalue weighted by Gasteiger charge is 2.26. The highest BCUT2D eigenvalue weighted by atomic mass is 35.5. The van der Waals surface area contributed by atoms with E-state index in [-0.39, 0.29) is 18.1 Å². The van der Waals surface area contributed by atoms with Crippen molar-refractivity contribution in [1.82, 2.24) is 10.2 Å². The van der Waals surface area contributed by atoms with E-state index in [9.17, 15) is 4.79 Å². The number of morpholine rings is 1. The van der Waals surface area contributed by atoms with Crippen LogP contribution in [0.5, 0.6) is 0 Å². The van der Waals surface area contributed by atoms with Gasteiger partial charge in [0.15, 0.2) is 0 Å². The van der Waals surface area contributed by atoms with Gasteiger partial charge in [0, 0.05) is 30.7 Å². The Morgan fingerprint density at radius 3 is 2.54 bits per heavy atom. The lowest BCUT2D eigenvalue weighted by Gasteiger charge is -2.38. The number of halogens is 3. The van der Waals surface area contributed by atoms with Gasteiger partial charge in [-0.3, -0.25) is 9.69 Å². The minimum atomic E-state index is -0.0480. The third-order valence-corrected chi connectivity index (χ3v) is 5.80. The van der Waals surface area contributed by atoms with Crippen molar-refractivity contribution >= 4 is 40.7 Å². The first-order chi connectivity index (χ1) is 13.4. The zero-order valence-electron chi connectivity index (χ0n) is 15.6. The standard InChI is InChI=1S/C21H23Cl3N2O2/c1-14-13-28-18(10-25-21(27)9-15-2-5-17(22)6-3-15)12-26(14)11-16-4-7-19(23)20(24)8-16/h2-8,14,18H,9-13H2,1H3,(H,25,27)/t14-,18-/m1/s1. The van der Waals surface area contributed by atoms with Crippen molar-refractivity contribution in [1.29, 1.82) is 0 Å². The largest absolute Gasteiger partial charge is 0.373 e. The average Bonchev–Trinajstić information content (AvgIpc) is 2.67. The first-order valence-electron chi connectivity index (χ1n) is 9.21. The smallest absolute Gasteiger partial charge is 0.224 e. The first kappa shape index (κ1) is 21.4. The molecule has 28 heavy (non-hydrogen) atoms. The van der Waals surface area contributed by atoms with Crippen LogP contribution in [-0.2, 0) is 22.5 Å². The molecule has 0 aromatic heterocycles. The van der Waals surface area contributed by atoms with E-state index >= 15 is 0 Å². The molecule has 0 saturated carbocycles. The second-order valence-corrected chi connectivity index (χ2v) is 8.34. The van der Waals surface area contributed by atoms with Crippen LogP contribution < -0.4 is 5.32 Å². The Morgan fingerprint density at radius 2 is 1.82 bits per heavy atom. The highest BCUT2D eigenvalue weighted by molar-refractivity contribution is 6.42. The van der Waals surface area contributed by atoms with Crippen LogP contribution in [0.2, 0.25) is 15.1 Å². The summed E-state index contributed by atoms with van der Waals surface area (Å²) in [6, 6.07) is 13.3. The topological polar surface area (TPSA) is 41.6 Å². The number of carbonyl (C=O) groups excluding carboxylic acids is 1. The third kappa shape index (κ3) is 6.10. The molecule has 3 rings (SSSR count). The fourth-order valence-corrected chi connectivity index (χ4v) is 3.62. The van der Waals surface area contributed by atoms with Crippen LogP contribution >= 0.6 is 34.8 Å². The Balaban J connectivity index is 1.50. The molecule has 0 aliphatic carbocycles. The number of rotatable bonds is 6. The van der Waals surface area contributed by atoms with Crippen molar-refractivity contribution in [2.24, 2.45) is 0 Å². The minimum absolute atomic E-state index is 0.0272. The molecule has 2 aromatic carbocycles. The zero-order chi connectivity index (χ0) is 20.1. The summed E-state index contributed by atoms with van der Waals surface area (Å²) in [5, 5.41) is 4.75. The molecule has 1 N–H and O–H groups in total. The first-order valence-corrected chi connectivity index (χ1v) is 10.3. The summed E-state index contributed by atoms with van der Waals surface area (Å²) in [6.45, 7) is 4.74. The van der Waals surface area contributed by atoms with Crippen LogP contribution in [0.25, 0.3) is 0 Å². The monoisotopic (exact) mass is 440 g/mol. The van der Waals surface area contributed by atoms with Gasteiger partial charge in [-0.25, -0.2) is 0 Å². The van der Waals surface area contributed by atoms with Gasteiger partial charge >= 0.3 is 0 Å². The Hall–Kier alpha value is -1.30. The predicted molar refractivity (Wildman–Crippen MR) is 114 cm³/mol. The molecule has 150 valence electrons. The Bertz CT molecular complexity index is 814. The quantitative estimate of drug-likeness (QED) is 0.712. The minimum Gasteiger partial charge on any atom is -0.373 e. The van der Waals surface area contributed by atoms with Crippen molar-refractivity contribution in [3.8, 4) is 0 Å². The maximum absolute atomic E-state index is 12.2. The Morgan fingerprint density at radius 1 is 1.11 bits per heavy atom. The second kappa shape index (κ2) is 9.95. The van der Waals surface area contributed by atoms with Gasteiger partial charge in [-0.05, 0) is 42.3 Å². The van der Waals surface area contributed by atoms with Gasteiger partial charge in [0.05, 0.1) is 29.2 Å². The molecule has 0 bridgehead atoms. The molecule has 7 heteroatoms. The van der Waals surface area contributed by atoms with Gasteiger partial charge in [-0.2, -0.15) is 0 Å². The molecule has 1 heterocycles. The predicted octanol–water partition coefficient (Wildman–Crippen LogP) is 4.60. The number of nitrogens with one attached hydrogen (secondary N) is 1. The second-order valence-electron chi connectivity index (χ2n) is 7.09. The van der Waals surface area contributed by atoms with Crippen molar-refractivity contribution in [2.75, 3.05) is 19.7 Å². The van der Waals surface area contributed by atoms with Crippen molar-refractivity contribution in [2.45, 2.75) is 32.0 Å². The van der Waals surface area contributed by atoms with E-state index in [2.05, 4.69) is 17.1 Å². The van der Waals surface area contributed by atoms with Crippen LogP contribution in [0.15, 0.2) is 42.5 Å². The summed E-state index contributed by atoms with van der Waals surface area (Å²) >= 11 is 18.0. The van der Waals surface area contributed by atoms with Gasteiger partial charge in [-0.1, -0.05) is 53.0 Å². The summed E-state index contributed by atoms with van der Waals surface area (Å²) in [7, 11) is 0. The molecule has 1 aliphatic rings. The van der Waals surface area contributed by atoms with Crippen LogP contribution in [-0.4, -0.2) is 42.6 Å². The molecule has 2 aromatic rings. The van der Waals surface area contributed by atoms with Crippen molar-refractivity contribution in [3.63, 3.8) is 0 Å². The van der Waals surface area contributed by atoms with Crippen molar-refractivity contribution < 1.29 is 9.53 Å². The lowest BCUT2D eigenvalue weighted by atomic mass is 10.1. The Kier molecular flexibility index (Phi) is 7.61. The molecule has 4 nitrogen and oxygen atoms in total. The van der Waals surface area contributed by atoms with Crippen LogP contribution in [0.4, 0.5) is 0 Å². The molecule has 1 amide bonds. The van der Waals surface area contributed by atoms with E-state index in [0.717, 1.165) is 24.2 Å². The lowest BCUT2D eigenvalue weighted by Crippen LogP contribution is -2.51. The molecule has 0 unspecified atom stereocenters. The molecule has 1 fully saturated rings. The van der Waals surface area contributed by atoms with E-state index in [0.29, 0.717) is 34.6 Å². The molecule has 0 spiro atoms. The number of nitrogens with zero attached hydrogens (tertiary/aromatic N) is 1. The van der Waals surface area contributed by atoms with Gasteiger partial charge in [-0.15, -0.1) is 0 Å². The van der Waals surface area contributed by atoms with Crippen molar-refractivity contribution in [3.05, 3.63) is 68.7 Å². The van der Waals surface area contributed by atoms with Gasteiger partial charge in [0.2, 0.25) is 5.91 Å². The molecular weight excluding hydrogens is 419 g/mol. The number of hydrogen-bond acceptors (Lipinski definition) is 3. The molecule has 0 radical (unpaired) electrons. The van der Waals surface area contributed by atoms with E-state index in [1.165, 1.54) is 0 Å². The summed E-state index contributed by atoms with van der Waals surface area (Å²) < 4.78 is 5.90. The van der Waals surface area contributed by atoms with E-state index in [1.807, 2.05) is 30.3 Å². The summed E-state index contributed by atoms with van der Waals surface area (Å²) in [5.74, 6) is -0.0272. The molecule has 1 aliphatic heterocycles. The molecule has 2 atom stereocenters. The van der Waals surface area contributed by atoms with Gasteiger partial charge in [0.25, 0.3) is 0 Å². The maximum Gasteiger partial charge on any atom is 0.224 e. The van der Waals surface area contributed by atoms with E-state index < -0.39 is 0 Å². The van der Waals surface area contributed by atoms with E-state index in [4.69, 9.17) is 39.5 Å². The lowest BCUT2D eigenvalue weighted by molar-refractivity contribution is -0.122. The van der Waals surface area contributed by atoms with Crippen LogP contribution in [0, 0.1) is 0 Å². The molecular formula is C21H23Cl3N2O2. The normalized spacial score (nSPS) is 20.1. The number of benzene rings is 2. The molecule has 1 saturated heterocycles. The number of hydrogen-bond donors (Lipinski definition) is 1. The fraction of sp³-hybridized carbons (Fsp3) is 0.381. The SMILES string of the molecule is C[C@@H]1CO[C@H](CNC(=O)Cc2ccc(Cl)cc2)CN1Cc1ccc(Cl)c(Cl)c1. The maximum atomic E-state index is 12.2. The summed E-state index contributed by atoms with van der Waals surface area (Å²) in [6.07, 6.45) is 0.279. The fourth-order valence-electron chi connectivity index (χ4n) is 3.17. The highest BCUT2D eigenvalue weighted by Crippen LogP contribution is 2.24. The van der Waals surface area contributed by atoms with Gasteiger partial charge in [0.1, 0.15) is 0 Å².